The summed E-state index contributed by atoms with van der Waals surface area (Å²) in [5.74, 6) is 0.141. The second kappa shape index (κ2) is 13.5. The highest BCUT2D eigenvalue weighted by Gasteiger charge is 2.35. The summed E-state index contributed by atoms with van der Waals surface area (Å²) in [7, 11) is 0. The van der Waals surface area contributed by atoms with E-state index in [4.69, 9.17) is 4.74 Å². The largest absolute Gasteiger partial charge is 0.490 e. The van der Waals surface area contributed by atoms with Crippen LogP contribution in [0.4, 0.5) is 0 Å². The van der Waals surface area contributed by atoms with Gasteiger partial charge in [-0.1, -0.05) is 47.1 Å². The van der Waals surface area contributed by atoms with Crippen LogP contribution in [0.15, 0.2) is 88.4 Å². The van der Waals surface area contributed by atoms with Gasteiger partial charge in [-0.3, -0.25) is 18.7 Å². The van der Waals surface area contributed by atoms with Crippen molar-refractivity contribution in [3.05, 3.63) is 128 Å². The van der Waals surface area contributed by atoms with Crippen molar-refractivity contribution in [1.29, 1.82) is 0 Å². The van der Waals surface area contributed by atoms with Gasteiger partial charge in [0.15, 0.2) is 0 Å². The molecule has 3 aromatic carbocycles. The maximum Gasteiger partial charge on any atom is 0.333 e. The predicted molar refractivity (Wildman–Crippen MR) is 190 cm³/mol. The topological polar surface area (TPSA) is 111 Å². The molecule has 10 nitrogen and oxygen atoms in total. The number of aromatic nitrogens is 4. The second-order valence-corrected chi connectivity index (χ2v) is 13.5. The van der Waals surface area contributed by atoms with Gasteiger partial charge in [-0.15, -0.1) is 0 Å². The van der Waals surface area contributed by atoms with E-state index >= 15 is 0 Å². The highest BCUT2D eigenvalue weighted by atomic mass is 79.9. The van der Waals surface area contributed by atoms with Gasteiger partial charge >= 0.3 is 5.69 Å². The number of rotatable bonds is 9. The predicted octanol–water partition coefficient (Wildman–Crippen LogP) is 6.25. The Labute approximate surface area is 292 Å². The Bertz CT molecular complexity index is 2120. The third-order valence-corrected chi connectivity index (χ3v) is 10.1. The molecule has 2 aliphatic rings. The number of carbonyl (C=O) groups is 2. The molecular formula is C38H37BrN6O4. The van der Waals surface area contributed by atoms with Gasteiger partial charge in [0.05, 0.1) is 29.7 Å². The van der Waals surface area contributed by atoms with Crippen molar-refractivity contribution in [2.24, 2.45) is 0 Å². The van der Waals surface area contributed by atoms with E-state index in [1.165, 1.54) is 4.57 Å². The van der Waals surface area contributed by atoms with E-state index in [1.807, 2.05) is 75.4 Å². The van der Waals surface area contributed by atoms with Crippen molar-refractivity contribution in [3.8, 4) is 22.7 Å². The molecule has 1 aliphatic heterocycles. The van der Waals surface area contributed by atoms with E-state index in [0.29, 0.717) is 16.9 Å². The molecule has 49 heavy (non-hydrogen) atoms. The smallest absolute Gasteiger partial charge is 0.333 e. The Morgan fingerprint density at radius 3 is 2.53 bits per heavy atom. The van der Waals surface area contributed by atoms with Gasteiger partial charge in [-0.25, -0.2) is 14.8 Å². The first-order valence-electron chi connectivity index (χ1n) is 16.6. The summed E-state index contributed by atoms with van der Waals surface area (Å²) in [6, 6.07) is 22.2. The Morgan fingerprint density at radius 2 is 1.80 bits per heavy atom. The number of imidazole rings is 1. The number of nitrogens with zero attached hydrogens (tertiary/aromatic N) is 5. The number of benzene rings is 3. The Balaban J connectivity index is 1.25. The summed E-state index contributed by atoms with van der Waals surface area (Å²) in [4.78, 5) is 52.9. The van der Waals surface area contributed by atoms with Crippen molar-refractivity contribution in [2.45, 2.75) is 71.8 Å². The molecule has 5 aromatic rings. The molecule has 1 saturated carbocycles. The fourth-order valence-electron chi connectivity index (χ4n) is 6.28. The highest BCUT2D eigenvalue weighted by Crippen LogP contribution is 2.29. The minimum Gasteiger partial charge on any atom is -0.490 e. The summed E-state index contributed by atoms with van der Waals surface area (Å²) in [6.45, 7) is 6.45. The van der Waals surface area contributed by atoms with E-state index in [2.05, 4.69) is 31.2 Å². The summed E-state index contributed by atoms with van der Waals surface area (Å²) < 4.78 is 9.95. The molecule has 11 heteroatoms. The molecule has 0 spiro atoms. The number of hydrogen-bond acceptors (Lipinski definition) is 6. The number of hydrogen-bond donors (Lipinski definition) is 1. The molecule has 0 saturated heterocycles. The molecule has 1 fully saturated rings. The number of fused-ring (bicyclic) bond motifs is 1. The lowest BCUT2D eigenvalue weighted by Crippen LogP contribution is -2.47. The van der Waals surface area contributed by atoms with Crippen LogP contribution in [0.1, 0.15) is 70.1 Å². The molecule has 3 heterocycles. The molecule has 7 rings (SSSR count). The van der Waals surface area contributed by atoms with Crippen molar-refractivity contribution in [3.63, 3.8) is 0 Å². The molecule has 2 amide bonds. The fourth-order valence-corrected chi connectivity index (χ4v) is 6.53. The van der Waals surface area contributed by atoms with Crippen molar-refractivity contribution in [1.82, 2.24) is 29.3 Å². The van der Waals surface area contributed by atoms with Crippen LogP contribution in [0.5, 0.6) is 5.75 Å². The Morgan fingerprint density at radius 1 is 1.02 bits per heavy atom. The molecule has 1 atom stereocenters. The lowest BCUT2D eigenvalue weighted by molar-refractivity contribution is 0.0610. The molecule has 0 radical (unpaired) electrons. The third kappa shape index (κ3) is 6.55. The van der Waals surface area contributed by atoms with E-state index in [9.17, 15) is 14.4 Å². The number of amides is 2. The summed E-state index contributed by atoms with van der Waals surface area (Å²) in [5.41, 5.74) is 5.85. The Kier molecular flexibility index (Phi) is 8.94. The second-order valence-electron chi connectivity index (χ2n) is 12.7. The van der Waals surface area contributed by atoms with Crippen LogP contribution < -0.4 is 15.7 Å². The van der Waals surface area contributed by atoms with Crippen LogP contribution >= 0.6 is 15.9 Å². The van der Waals surface area contributed by atoms with Crippen molar-refractivity contribution >= 4 is 27.7 Å². The average Bonchev–Trinajstić information content (AvgIpc) is 3.90. The first kappa shape index (κ1) is 32.5. The molecule has 1 N–H and O–H groups in total. The zero-order chi connectivity index (χ0) is 34.2. The van der Waals surface area contributed by atoms with E-state index in [0.717, 1.165) is 57.6 Å². The maximum absolute atomic E-state index is 14.3. The van der Waals surface area contributed by atoms with E-state index in [-0.39, 0.29) is 49.1 Å². The van der Waals surface area contributed by atoms with Crippen LogP contribution in [-0.4, -0.2) is 48.0 Å². The first-order valence-corrected chi connectivity index (χ1v) is 17.4. The summed E-state index contributed by atoms with van der Waals surface area (Å²) in [5, 5.41) is 3.09. The van der Waals surface area contributed by atoms with Gasteiger partial charge < -0.3 is 15.0 Å². The first-order chi connectivity index (χ1) is 23.7. The zero-order valence-electron chi connectivity index (χ0n) is 27.6. The fraction of sp³-hybridized carbons (Fsp3) is 0.289. The quantitative estimate of drug-likeness (QED) is 0.193. The molecular weight excluding hydrogens is 684 g/mol. The van der Waals surface area contributed by atoms with Crippen LogP contribution in [-0.2, 0) is 26.1 Å². The zero-order valence-corrected chi connectivity index (χ0v) is 29.2. The molecule has 0 bridgehead atoms. The van der Waals surface area contributed by atoms with Gasteiger partial charge in [0.2, 0.25) is 0 Å². The summed E-state index contributed by atoms with van der Waals surface area (Å²) >= 11 is 3.52. The lowest BCUT2D eigenvalue weighted by atomic mass is 10.0. The average molecular weight is 722 g/mol. The van der Waals surface area contributed by atoms with Crippen molar-refractivity contribution < 1.29 is 14.3 Å². The number of halogens is 1. The number of carbonyl (C=O) groups excluding carboxylic acids is 2. The van der Waals surface area contributed by atoms with Gasteiger partial charge in [0.1, 0.15) is 17.8 Å². The number of aryl methyl sites for hydroxylation is 2. The van der Waals surface area contributed by atoms with Gasteiger partial charge in [0.25, 0.3) is 11.8 Å². The normalized spacial score (nSPS) is 15.5. The third-order valence-electron chi connectivity index (χ3n) is 9.17. The van der Waals surface area contributed by atoms with Gasteiger partial charge in [-0.2, -0.15) is 0 Å². The molecule has 1 unspecified atom stereocenters. The lowest BCUT2D eigenvalue weighted by Gasteiger charge is -2.34. The summed E-state index contributed by atoms with van der Waals surface area (Å²) in [6.07, 6.45) is 4.63. The van der Waals surface area contributed by atoms with Gasteiger partial charge in [0, 0.05) is 40.4 Å². The Hall–Kier alpha value is -5.03. The standard InChI is InChI=1S/C38H37BrN6O4/c1-4-27-18-33(42-22-41-27)31-8-6-5-7-26(31)19-40-36(46)35-34-21-43(37(47)25-9-16-32(39)23(2)17-25)24(3)20-44(34)38(48)45(35)28-10-12-29(13-11-28)49-30-14-15-30/h5-13,16-18,22,24,30H,4,14-15,19-21H2,1-3H3,(H,40,46). The molecule has 1 aliphatic carbocycles. The van der Waals surface area contributed by atoms with Crippen LogP contribution in [0.2, 0.25) is 0 Å². The van der Waals surface area contributed by atoms with Gasteiger partial charge in [-0.05, 0) is 92.8 Å². The van der Waals surface area contributed by atoms with Crippen molar-refractivity contribution in [2.75, 3.05) is 0 Å². The molecule has 2 aromatic heterocycles. The monoisotopic (exact) mass is 720 g/mol. The minimum absolute atomic E-state index is 0.0975. The van der Waals surface area contributed by atoms with Crippen LogP contribution in [0.3, 0.4) is 0 Å². The number of nitrogens with one attached hydrogen (secondary N) is 1. The SMILES string of the molecule is CCc1cc(-c2ccccc2CNC(=O)c2c3n(c(=O)n2-c2ccc(OC4CC4)cc2)CC(C)N(C(=O)c2ccc(Br)c(C)c2)C3)ncn1. The minimum atomic E-state index is -0.419. The molecule has 250 valence electrons. The highest BCUT2D eigenvalue weighted by molar-refractivity contribution is 9.10. The van der Waals surface area contributed by atoms with Crippen LogP contribution in [0, 0.1) is 6.92 Å². The van der Waals surface area contributed by atoms with Crippen LogP contribution in [0.25, 0.3) is 16.9 Å². The van der Waals surface area contributed by atoms with E-state index < -0.39 is 5.91 Å². The van der Waals surface area contributed by atoms with E-state index in [1.54, 1.807) is 34.0 Å². The number of ether oxygens (including phenoxy) is 1. The maximum atomic E-state index is 14.3.